The molecule has 31 heavy (non-hydrogen) atoms. The van der Waals surface area contributed by atoms with Crippen LogP contribution in [0.1, 0.15) is 17.4 Å². The van der Waals surface area contributed by atoms with E-state index < -0.39 is 10.0 Å². The van der Waals surface area contributed by atoms with Gasteiger partial charge in [-0.1, -0.05) is 30.3 Å². The smallest absolute Gasteiger partial charge is 0.261 e. The van der Waals surface area contributed by atoms with E-state index >= 15 is 0 Å². The van der Waals surface area contributed by atoms with E-state index in [4.69, 9.17) is 4.98 Å². The molecule has 1 unspecified atom stereocenters. The molecule has 154 valence electrons. The first-order valence-corrected chi connectivity index (χ1v) is 12.1. The molecule has 0 bridgehead atoms. The highest BCUT2D eigenvalue weighted by Crippen LogP contribution is 2.37. The fourth-order valence-corrected chi connectivity index (χ4v) is 5.35. The zero-order valence-electron chi connectivity index (χ0n) is 16.3. The lowest BCUT2D eigenvalue weighted by Gasteiger charge is -2.11. The van der Waals surface area contributed by atoms with E-state index in [2.05, 4.69) is 26.2 Å². The van der Waals surface area contributed by atoms with Crippen molar-refractivity contribution < 1.29 is 8.42 Å². The van der Waals surface area contributed by atoms with Gasteiger partial charge < -0.3 is 0 Å². The third kappa shape index (κ3) is 4.17. The lowest BCUT2D eigenvalue weighted by Crippen LogP contribution is -2.12. The molecule has 0 spiro atoms. The van der Waals surface area contributed by atoms with Crippen LogP contribution in [0.2, 0.25) is 0 Å². The summed E-state index contributed by atoms with van der Waals surface area (Å²) in [6.07, 6.45) is 8.14. The molecule has 6 nitrogen and oxygen atoms in total. The van der Waals surface area contributed by atoms with Crippen LogP contribution in [0.15, 0.2) is 89.6 Å². The van der Waals surface area contributed by atoms with Crippen molar-refractivity contribution in [2.45, 2.75) is 16.6 Å². The van der Waals surface area contributed by atoms with Gasteiger partial charge >= 0.3 is 0 Å². The minimum Gasteiger partial charge on any atom is -0.278 e. The highest BCUT2D eigenvalue weighted by atomic mass is 32.2. The fraction of sp³-hybridized carbons (Fsp3) is 0.0870. The Morgan fingerprint density at radius 3 is 2.61 bits per heavy atom. The van der Waals surface area contributed by atoms with Crippen molar-refractivity contribution in [2.24, 2.45) is 0 Å². The number of nitrogens with zero attached hydrogens (tertiary/aromatic N) is 3. The van der Waals surface area contributed by atoms with Crippen molar-refractivity contribution in [3.05, 3.63) is 90.4 Å². The van der Waals surface area contributed by atoms with E-state index in [-0.39, 0.29) is 4.90 Å². The SMILES string of the molecule is O=S(=O)(Nc1cncc(-c2ccc3ncc(C4CC=CS4)nc3c2)c1)c1ccccc1. The van der Waals surface area contributed by atoms with Gasteiger partial charge in [0.25, 0.3) is 10.0 Å². The molecule has 1 aliphatic heterocycles. The zero-order valence-corrected chi connectivity index (χ0v) is 18.0. The van der Waals surface area contributed by atoms with Gasteiger partial charge in [0.05, 0.1) is 45.0 Å². The molecule has 4 aromatic rings. The standard InChI is InChI=1S/C23H18N4O2S2/c28-31(29,19-5-2-1-3-6-19)27-18-11-17(13-24-14-18)16-8-9-20-21(12-16)26-22(15-25-20)23-7-4-10-30-23/h1-6,8-15,23,27H,7H2. The Hall–Kier alpha value is -3.23. The molecule has 8 heteroatoms. The number of rotatable bonds is 5. The van der Waals surface area contributed by atoms with Crippen molar-refractivity contribution in [3.63, 3.8) is 0 Å². The highest BCUT2D eigenvalue weighted by Gasteiger charge is 2.17. The van der Waals surface area contributed by atoms with E-state index in [0.29, 0.717) is 10.9 Å². The molecule has 1 aliphatic rings. The molecule has 0 fully saturated rings. The summed E-state index contributed by atoms with van der Waals surface area (Å²) in [6, 6.07) is 15.8. The van der Waals surface area contributed by atoms with Gasteiger partial charge in [-0.3, -0.25) is 14.7 Å². The molecule has 1 N–H and O–H groups in total. The van der Waals surface area contributed by atoms with Crippen molar-refractivity contribution in [1.29, 1.82) is 0 Å². The zero-order chi connectivity index (χ0) is 21.3. The Labute approximate surface area is 184 Å². The van der Waals surface area contributed by atoms with Crippen molar-refractivity contribution in [2.75, 3.05) is 4.72 Å². The van der Waals surface area contributed by atoms with Crippen LogP contribution in [0, 0.1) is 0 Å². The summed E-state index contributed by atoms with van der Waals surface area (Å²) in [4.78, 5) is 13.8. The number of sulfonamides is 1. The van der Waals surface area contributed by atoms with Crippen LogP contribution in [0.5, 0.6) is 0 Å². The molecule has 0 saturated heterocycles. The van der Waals surface area contributed by atoms with Crippen molar-refractivity contribution in [3.8, 4) is 11.1 Å². The van der Waals surface area contributed by atoms with Crippen molar-refractivity contribution in [1.82, 2.24) is 15.0 Å². The largest absolute Gasteiger partial charge is 0.278 e. The average molecular weight is 447 g/mol. The number of allylic oxidation sites excluding steroid dienone is 1. The number of hydrogen-bond acceptors (Lipinski definition) is 6. The molecule has 3 heterocycles. The van der Waals surface area contributed by atoms with Gasteiger partial charge in [0, 0.05) is 11.8 Å². The number of thioether (sulfide) groups is 1. The summed E-state index contributed by atoms with van der Waals surface area (Å²) in [5.41, 5.74) is 4.66. The van der Waals surface area contributed by atoms with E-state index in [1.54, 1.807) is 54.4 Å². The first kappa shape index (κ1) is 19.7. The lowest BCUT2D eigenvalue weighted by molar-refractivity contribution is 0.601. The second-order valence-electron chi connectivity index (χ2n) is 7.11. The molecular formula is C23H18N4O2S2. The first-order valence-electron chi connectivity index (χ1n) is 9.69. The van der Waals surface area contributed by atoms with Gasteiger partial charge in [0.1, 0.15) is 0 Å². The summed E-state index contributed by atoms with van der Waals surface area (Å²) in [6.45, 7) is 0. The van der Waals surface area contributed by atoms with Crippen LogP contribution < -0.4 is 4.72 Å². The maximum absolute atomic E-state index is 12.6. The van der Waals surface area contributed by atoms with Gasteiger partial charge in [-0.15, -0.1) is 11.8 Å². The molecule has 2 aromatic carbocycles. The van der Waals surface area contributed by atoms with Crippen LogP contribution in [0.3, 0.4) is 0 Å². The van der Waals surface area contributed by atoms with E-state index in [1.807, 2.05) is 24.4 Å². The Morgan fingerprint density at radius 2 is 1.81 bits per heavy atom. The maximum Gasteiger partial charge on any atom is 0.261 e. The summed E-state index contributed by atoms with van der Waals surface area (Å²) < 4.78 is 27.8. The van der Waals surface area contributed by atoms with E-state index in [0.717, 1.165) is 34.3 Å². The Morgan fingerprint density at radius 1 is 0.935 bits per heavy atom. The Balaban J connectivity index is 1.46. The van der Waals surface area contributed by atoms with Crippen LogP contribution in [-0.2, 0) is 10.0 Å². The first-order chi connectivity index (χ1) is 15.1. The average Bonchev–Trinajstić information content (AvgIpc) is 3.34. The summed E-state index contributed by atoms with van der Waals surface area (Å²) in [7, 11) is -3.68. The second-order valence-corrected chi connectivity index (χ2v) is 9.91. The van der Waals surface area contributed by atoms with Crippen LogP contribution >= 0.6 is 11.8 Å². The normalized spacial score (nSPS) is 15.9. The number of hydrogen-bond donors (Lipinski definition) is 1. The number of anilines is 1. The molecule has 5 rings (SSSR count). The summed E-state index contributed by atoms with van der Waals surface area (Å²) in [5.74, 6) is 0. The molecule has 0 aliphatic carbocycles. The van der Waals surface area contributed by atoms with Crippen molar-refractivity contribution >= 4 is 38.5 Å². The molecule has 0 radical (unpaired) electrons. The minimum absolute atomic E-state index is 0.202. The number of pyridine rings is 1. The predicted molar refractivity (Wildman–Crippen MR) is 124 cm³/mol. The summed E-state index contributed by atoms with van der Waals surface area (Å²) >= 11 is 1.75. The molecule has 2 aromatic heterocycles. The molecular weight excluding hydrogens is 428 g/mol. The van der Waals surface area contributed by atoms with Crippen LogP contribution in [-0.4, -0.2) is 23.4 Å². The van der Waals surface area contributed by atoms with Crippen LogP contribution in [0.4, 0.5) is 5.69 Å². The number of nitrogens with one attached hydrogen (secondary N) is 1. The van der Waals surface area contributed by atoms with Gasteiger partial charge in [0.15, 0.2) is 0 Å². The topological polar surface area (TPSA) is 84.8 Å². The number of benzene rings is 2. The number of aromatic nitrogens is 3. The van der Waals surface area contributed by atoms with Crippen LogP contribution in [0.25, 0.3) is 22.2 Å². The minimum atomic E-state index is -3.68. The van der Waals surface area contributed by atoms with Gasteiger partial charge in [0.2, 0.25) is 0 Å². The monoisotopic (exact) mass is 446 g/mol. The molecule has 0 amide bonds. The Kier molecular flexibility index (Phi) is 5.17. The maximum atomic E-state index is 12.6. The second kappa shape index (κ2) is 8.13. The third-order valence-electron chi connectivity index (χ3n) is 4.96. The summed E-state index contributed by atoms with van der Waals surface area (Å²) in [5, 5.41) is 2.40. The fourth-order valence-electron chi connectivity index (χ4n) is 3.40. The third-order valence-corrected chi connectivity index (χ3v) is 7.47. The highest BCUT2D eigenvalue weighted by molar-refractivity contribution is 8.02. The Bertz CT molecular complexity index is 1380. The lowest BCUT2D eigenvalue weighted by atomic mass is 10.1. The van der Waals surface area contributed by atoms with E-state index in [1.165, 1.54) is 6.20 Å². The van der Waals surface area contributed by atoms with Gasteiger partial charge in [-0.05, 0) is 47.7 Å². The molecule has 0 saturated carbocycles. The number of fused-ring (bicyclic) bond motifs is 1. The predicted octanol–water partition coefficient (Wildman–Crippen LogP) is 5.18. The van der Waals surface area contributed by atoms with Gasteiger partial charge in [-0.25, -0.2) is 13.4 Å². The van der Waals surface area contributed by atoms with E-state index in [9.17, 15) is 8.42 Å². The van der Waals surface area contributed by atoms with Gasteiger partial charge in [-0.2, -0.15) is 0 Å². The quantitative estimate of drug-likeness (QED) is 0.454. The molecule has 1 atom stereocenters.